The molecule has 0 saturated heterocycles. The van der Waals surface area contributed by atoms with Crippen molar-refractivity contribution in [1.29, 1.82) is 0 Å². The molecule has 0 spiro atoms. The maximum absolute atomic E-state index is 12.9. The van der Waals surface area contributed by atoms with Crippen LogP contribution in [0.1, 0.15) is 43.5 Å². The number of carbonyl (C=O) groups excluding carboxylic acids is 1. The van der Waals surface area contributed by atoms with Crippen LogP contribution in [0.5, 0.6) is 0 Å². The van der Waals surface area contributed by atoms with Crippen LogP contribution in [0.4, 0.5) is 5.69 Å². The number of hydrogen-bond acceptors (Lipinski definition) is 3. The molecule has 3 rings (SSSR count). The van der Waals surface area contributed by atoms with Crippen molar-refractivity contribution in [2.24, 2.45) is 5.92 Å². The molecule has 32 heavy (non-hydrogen) atoms. The van der Waals surface area contributed by atoms with Gasteiger partial charge in [0.25, 0.3) is 0 Å². The number of halogens is 1. The Morgan fingerprint density at radius 2 is 1.84 bits per heavy atom. The monoisotopic (exact) mass is 541 g/mol. The number of benzene rings is 2. The highest BCUT2D eigenvalue weighted by molar-refractivity contribution is 14.1. The van der Waals surface area contributed by atoms with Gasteiger partial charge in [-0.05, 0) is 49.0 Å². The topological polar surface area (TPSA) is 45.2 Å². The summed E-state index contributed by atoms with van der Waals surface area (Å²) in [6, 6.07) is 18.1. The smallest absolute Gasteiger partial charge is 0.247 e. The predicted molar refractivity (Wildman–Crippen MR) is 144 cm³/mol. The molecule has 0 aliphatic rings. The first-order chi connectivity index (χ1) is 15.5. The first kappa shape index (κ1) is 24.2. The van der Waals surface area contributed by atoms with E-state index in [1.54, 1.807) is 6.08 Å². The van der Waals surface area contributed by atoms with E-state index in [1.807, 2.05) is 53.4 Å². The first-order valence-corrected chi connectivity index (χ1v) is 12.7. The average Bonchev–Trinajstić information content (AvgIpc) is 2.80. The number of aromatic nitrogens is 1. The van der Waals surface area contributed by atoms with Crippen LogP contribution in [0.25, 0.3) is 17.0 Å². The minimum atomic E-state index is -0.0101. The van der Waals surface area contributed by atoms with Crippen LogP contribution >= 0.6 is 22.6 Å². The summed E-state index contributed by atoms with van der Waals surface area (Å²) < 4.78 is 0.598. The third-order valence-electron chi connectivity index (χ3n) is 5.51. The molecule has 0 atom stereocenters. The van der Waals surface area contributed by atoms with Gasteiger partial charge in [0.1, 0.15) is 0 Å². The molecule has 0 aliphatic carbocycles. The zero-order chi connectivity index (χ0) is 22.9. The van der Waals surface area contributed by atoms with Gasteiger partial charge in [-0.15, -0.1) is 0 Å². The molecule has 1 amide bonds. The Morgan fingerprint density at radius 3 is 2.56 bits per heavy atom. The van der Waals surface area contributed by atoms with Crippen LogP contribution in [-0.2, 0) is 11.3 Å². The summed E-state index contributed by atoms with van der Waals surface area (Å²) in [6.07, 6.45) is 5.85. The SMILES string of the molecule is Cc1c(CN(CI)C(=O)/C=C/c2ccccc2)nc2ccccc2c1NCCCC(C)C. The molecule has 2 aromatic carbocycles. The van der Waals surface area contributed by atoms with Crippen molar-refractivity contribution in [2.45, 2.75) is 40.2 Å². The van der Waals surface area contributed by atoms with Gasteiger partial charge in [0.15, 0.2) is 0 Å². The minimum absolute atomic E-state index is 0.0101. The summed E-state index contributed by atoms with van der Waals surface area (Å²) >= 11 is 2.25. The third-order valence-corrected chi connectivity index (χ3v) is 6.33. The lowest BCUT2D eigenvalue weighted by molar-refractivity contribution is -0.125. The molecular weight excluding hydrogens is 509 g/mol. The van der Waals surface area contributed by atoms with Crippen LogP contribution in [-0.4, -0.2) is 26.9 Å². The minimum Gasteiger partial charge on any atom is -0.384 e. The lowest BCUT2D eigenvalue weighted by Gasteiger charge is -2.22. The van der Waals surface area contributed by atoms with E-state index in [0.29, 0.717) is 17.0 Å². The fourth-order valence-electron chi connectivity index (χ4n) is 3.66. The largest absolute Gasteiger partial charge is 0.384 e. The summed E-state index contributed by atoms with van der Waals surface area (Å²) in [5.41, 5.74) is 5.16. The molecule has 0 unspecified atom stereocenters. The maximum atomic E-state index is 12.9. The third kappa shape index (κ3) is 6.55. The molecule has 1 heterocycles. The molecule has 4 nitrogen and oxygen atoms in total. The molecule has 5 heteroatoms. The highest BCUT2D eigenvalue weighted by Crippen LogP contribution is 2.29. The summed E-state index contributed by atoms with van der Waals surface area (Å²) in [5.74, 6) is 0.693. The fourth-order valence-corrected chi connectivity index (χ4v) is 4.24. The zero-order valence-electron chi connectivity index (χ0n) is 19.1. The van der Waals surface area contributed by atoms with Crippen LogP contribution in [0.3, 0.4) is 0 Å². The Labute approximate surface area is 205 Å². The number of fused-ring (bicyclic) bond motifs is 1. The first-order valence-electron chi connectivity index (χ1n) is 11.2. The number of rotatable bonds is 10. The average molecular weight is 541 g/mol. The van der Waals surface area contributed by atoms with Crippen LogP contribution in [0.2, 0.25) is 0 Å². The van der Waals surface area contributed by atoms with Crippen molar-refractivity contribution in [3.05, 3.63) is 77.5 Å². The summed E-state index contributed by atoms with van der Waals surface area (Å²) in [6.45, 7) is 8.04. The van der Waals surface area contributed by atoms with E-state index in [0.717, 1.165) is 46.4 Å². The molecule has 0 bridgehead atoms. The predicted octanol–water partition coefficient (Wildman–Crippen LogP) is 6.83. The molecule has 168 valence electrons. The number of para-hydroxylation sites is 1. The second-order valence-corrected chi connectivity index (χ2v) is 9.12. The van der Waals surface area contributed by atoms with Crippen LogP contribution < -0.4 is 5.32 Å². The van der Waals surface area contributed by atoms with Gasteiger partial charge in [-0.3, -0.25) is 9.78 Å². The van der Waals surface area contributed by atoms with E-state index in [2.05, 4.69) is 60.8 Å². The van der Waals surface area contributed by atoms with Gasteiger partial charge in [-0.25, -0.2) is 0 Å². The number of hydrogen-bond donors (Lipinski definition) is 1. The lowest BCUT2D eigenvalue weighted by Crippen LogP contribution is -2.28. The van der Waals surface area contributed by atoms with Crippen LogP contribution in [0, 0.1) is 12.8 Å². The quantitative estimate of drug-likeness (QED) is 0.101. The Hall–Kier alpha value is -2.41. The Morgan fingerprint density at radius 1 is 1.12 bits per heavy atom. The molecule has 0 aliphatic heterocycles. The summed E-state index contributed by atoms with van der Waals surface area (Å²) in [7, 11) is 0. The molecule has 0 saturated carbocycles. The number of nitrogens with zero attached hydrogens (tertiary/aromatic N) is 2. The number of nitrogens with one attached hydrogen (secondary N) is 1. The van der Waals surface area contributed by atoms with Gasteiger partial charge in [0.05, 0.1) is 22.3 Å². The van der Waals surface area contributed by atoms with Crippen molar-refractivity contribution in [3.63, 3.8) is 0 Å². The van der Waals surface area contributed by atoms with E-state index in [1.165, 1.54) is 6.42 Å². The van der Waals surface area contributed by atoms with E-state index in [-0.39, 0.29) is 5.91 Å². The highest BCUT2D eigenvalue weighted by atomic mass is 127. The normalized spacial score (nSPS) is 11.4. The molecule has 3 aromatic rings. The van der Waals surface area contributed by atoms with E-state index < -0.39 is 0 Å². The standard InChI is InChI=1S/C27H32IN3O/c1-20(2)10-9-17-29-27-21(3)25(30-24-14-8-7-13-23(24)27)18-31(19-28)26(32)16-15-22-11-5-4-6-12-22/h4-8,11-16,20H,9-10,17-19H2,1-3H3,(H,29,30)/b16-15+. The number of pyridine rings is 1. The molecule has 0 fully saturated rings. The molecule has 0 radical (unpaired) electrons. The van der Waals surface area contributed by atoms with E-state index in [9.17, 15) is 4.79 Å². The molecule has 1 aromatic heterocycles. The van der Waals surface area contributed by atoms with Crippen molar-refractivity contribution < 1.29 is 4.79 Å². The number of amides is 1. The number of anilines is 1. The molecular formula is C27H32IN3O. The summed E-state index contributed by atoms with van der Waals surface area (Å²) in [4.78, 5) is 19.6. The van der Waals surface area contributed by atoms with Gasteiger partial charge in [-0.2, -0.15) is 0 Å². The van der Waals surface area contributed by atoms with Crippen molar-refractivity contribution in [2.75, 3.05) is 16.4 Å². The van der Waals surface area contributed by atoms with Crippen molar-refractivity contribution >= 4 is 51.2 Å². The van der Waals surface area contributed by atoms with Gasteiger partial charge < -0.3 is 10.2 Å². The maximum Gasteiger partial charge on any atom is 0.247 e. The number of alkyl halides is 1. The lowest BCUT2D eigenvalue weighted by atomic mass is 10.1. The van der Waals surface area contributed by atoms with Gasteiger partial charge in [-0.1, -0.05) is 85.0 Å². The van der Waals surface area contributed by atoms with Gasteiger partial charge >= 0.3 is 0 Å². The van der Waals surface area contributed by atoms with E-state index >= 15 is 0 Å². The van der Waals surface area contributed by atoms with E-state index in [4.69, 9.17) is 4.98 Å². The second kappa shape index (κ2) is 12.0. The Kier molecular flexibility index (Phi) is 9.09. The van der Waals surface area contributed by atoms with Crippen molar-refractivity contribution in [3.8, 4) is 0 Å². The highest BCUT2D eigenvalue weighted by Gasteiger charge is 2.16. The number of carbonyl (C=O) groups is 1. The summed E-state index contributed by atoms with van der Waals surface area (Å²) in [5, 5.41) is 4.79. The fraction of sp³-hybridized carbons (Fsp3) is 0.333. The zero-order valence-corrected chi connectivity index (χ0v) is 21.3. The van der Waals surface area contributed by atoms with Crippen molar-refractivity contribution in [1.82, 2.24) is 9.88 Å². The van der Waals surface area contributed by atoms with Gasteiger partial charge in [0, 0.05) is 23.7 Å². The Bertz CT molecular complexity index is 1060. The Balaban J connectivity index is 1.82. The second-order valence-electron chi connectivity index (χ2n) is 8.44. The van der Waals surface area contributed by atoms with Crippen LogP contribution in [0.15, 0.2) is 60.7 Å². The molecule has 1 N–H and O–H groups in total. The van der Waals surface area contributed by atoms with Gasteiger partial charge in [0.2, 0.25) is 5.91 Å².